The summed E-state index contributed by atoms with van der Waals surface area (Å²) in [5, 5.41) is 2.81. The van der Waals surface area contributed by atoms with Crippen molar-refractivity contribution in [3.63, 3.8) is 0 Å². The summed E-state index contributed by atoms with van der Waals surface area (Å²) < 4.78 is 0. The number of nitrogens with one attached hydrogen (secondary N) is 1. The second-order valence-corrected chi connectivity index (χ2v) is 28.5. The molecule has 10 aromatic carbocycles. The van der Waals surface area contributed by atoms with Crippen LogP contribution in [0.5, 0.6) is 0 Å². The number of hydrogen-bond acceptors (Lipinski definition) is 15. The van der Waals surface area contributed by atoms with Crippen molar-refractivity contribution in [2.45, 2.75) is 31.5 Å². The van der Waals surface area contributed by atoms with E-state index in [1.807, 2.05) is 49.9 Å². The number of nitrogens with zero attached hydrogens (tertiary/aromatic N) is 5. The van der Waals surface area contributed by atoms with Gasteiger partial charge in [0.2, 0.25) is 0 Å². The third-order valence-corrected chi connectivity index (χ3v) is 22.5. The van der Waals surface area contributed by atoms with Gasteiger partial charge in [0.15, 0.2) is 63.0 Å². The Morgan fingerprint density at radius 2 is 0.459 bits per heavy atom. The number of alkyl halides is 1. The number of rotatable bonds is 9. The van der Waals surface area contributed by atoms with Gasteiger partial charge in [-0.05, 0) is 88.5 Å². The van der Waals surface area contributed by atoms with Crippen LogP contribution in [-0.4, -0.2) is 101 Å². The Morgan fingerprint density at radius 1 is 0.275 bits per heavy atom. The smallest absolute Gasteiger partial charge is 0.194 e. The Balaban J connectivity index is 0.000000144. The van der Waals surface area contributed by atoms with Crippen LogP contribution in [0, 0.1) is 0 Å². The number of carbonyl (C=O) groups excluding carboxylic acids is 10. The van der Waals surface area contributed by atoms with Gasteiger partial charge in [-0.2, -0.15) is 0 Å². The molecule has 0 spiro atoms. The zero-order valence-corrected chi connectivity index (χ0v) is 65.7. The number of aromatic nitrogens is 2. The molecule has 0 unspecified atom stereocenters. The Hall–Kier alpha value is -10.0. The molecule has 25 heteroatoms. The molecule has 2 aliphatic heterocycles. The molecule has 109 heavy (non-hydrogen) atoms. The van der Waals surface area contributed by atoms with Gasteiger partial charge in [0.25, 0.3) is 0 Å². The van der Waals surface area contributed by atoms with Gasteiger partial charge in [-0.3, -0.25) is 47.9 Å². The van der Waals surface area contributed by atoms with Crippen LogP contribution in [0.15, 0.2) is 239 Å². The Labute approximate surface area is 682 Å². The normalized spacial score (nSPS) is 14.6. The zero-order chi connectivity index (χ0) is 74.8. The first-order valence-corrected chi connectivity index (χ1v) is 36.6. The topological polar surface area (TPSA) is 212 Å². The maximum Gasteiger partial charge on any atom is 0.194 e. The van der Waals surface area contributed by atoms with Crippen LogP contribution in [0.1, 0.15) is 187 Å². The molecule has 0 saturated carbocycles. The minimum atomic E-state index is -0.178. The van der Waals surface area contributed by atoms with Gasteiger partial charge in [-0.1, -0.05) is 237 Å². The van der Waals surface area contributed by atoms with E-state index in [0.29, 0.717) is 187 Å². The SMILES string of the molecule is Clc1nc[nH]c1Cl.O=C1c2ccccc2C(=O)c2cc(CBr)ccc21.O=C1c2ccccc2C(=O)c2cc(CN3CN(Cc4ccc5c(c4)C(=O)c4ccccc4C5=O)C(Cl)=C3Cl)ccc21.O=C1c2ccccc2C(=O)c2cc(CN3CN(Cc4ccc5c(c4)C(=O)c4ccccc4C5=O)C(Cl)=C3Cl)ccc21.[Br-].[Br-]. The molecule has 18 rings (SSSR count). The molecule has 7 aliphatic rings. The lowest BCUT2D eigenvalue weighted by Crippen LogP contribution is -3.00. The number of halogens is 9. The van der Waals surface area contributed by atoms with Crippen LogP contribution in [0.25, 0.3) is 0 Å². The van der Waals surface area contributed by atoms with E-state index >= 15 is 0 Å². The highest BCUT2D eigenvalue weighted by Gasteiger charge is 2.37. The number of carbonyl (C=O) groups is 10. The van der Waals surface area contributed by atoms with Crippen LogP contribution >= 0.6 is 85.5 Å². The molecule has 542 valence electrons. The molecule has 0 bridgehead atoms. The molecular weight excluding hydrogens is 1710 g/mol. The van der Waals surface area contributed by atoms with E-state index in [4.69, 9.17) is 69.6 Å². The molecule has 3 heterocycles. The Bertz CT molecular complexity index is 5300. The standard InChI is InChI=1S/2C33H20Cl2N2O4.C15H9BrO2.C3H2Cl2N2.2BrH/c2*34-32-33(35)37(16-19-10-12-25-27(14-19)31(41)23-8-4-2-6-21(23)29(25)39)17-36(32)15-18-9-11-24-26(13-18)30(40)22-7-3-1-5-20(22)28(24)38;16-8-9-5-6-12-13(7-9)15(18)11-4-2-1-3-10(11)14(12)17;4-2-3(5)7-1-6-2;;/h2*1-14H,15-17H2;1-7H,8H2;1H,(H,6,7);2*1H/p-2. The van der Waals surface area contributed by atoms with E-state index in [1.54, 1.807) is 182 Å². The maximum atomic E-state index is 13.2. The second kappa shape index (κ2) is 31.9. The minimum Gasteiger partial charge on any atom is -1.00 e. The number of hydrogen-bond donors (Lipinski definition) is 1. The van der Waals surface area contributed by atoms with E-state index in [-0.39, 0.29) is 91.8 Å². The van der Waals surface area contributed by atoms with Gasteiger partial charge in [0, 0.05) is 143 Å². The Morgan fingerprint density at radius 3 is 0.633 bits per heavy atom. The molecule has 11 aromatic rings. The van der Waals surface area contributed by atoms with E-state index in [1.165, 1.54) is 6.33 Å². The average Bonchev–Trinajstić information content (AvgIpc) is 1.44. The number of ketones is 10. The predicted molar refractivity (Wildman–Crippen MR) is 409 cm³/mol. The van der Waals surface area contributed by atoms with Gasteiger partial charge in [0.1, 0.15) is 25.8 Å². The van der Waals surface area contributed by atoms with Crippen molar-refractivity contribution in [3.8, 4) is 0 Å². The Kier molecular flexibility index (Phi) is 22.6. The summed E-state index contributed by atoms with van der Waals surface area (Å²) in [5.74, 6) is -1.50. The van der Waals surface area contributed by atoms with Crippen LogP contribution in [-0.2, 0) is 31.5 Å². The summed E-state index contributed by atoms with van der Waals surface area (Å²) in [7, 11) is 0. The van der Waals surface area contributed by atoms with Gasteiger partial charge < -0.3 is 58.5 Å². The monoisotopic (exact) mass is 1750 g/mol. The fourth-order valence-corrected chi connectivity index (χ4v) is 15.5. The first kappa shape index (κ1) is 77.1. The largest absolute Gasteiger partial charge is 1.00 e. The van der Waals surface area contributed by atoms with E-state index in [0.717, 1.165) is 27.8 Å². The van der Waals surface area contributed by atoms with Crippen molar-refractivity contribution in [2.24, 2.45) is 0 Å². The van der Waals surface area contributed by atoms with Crippen molar-refractivity contribution in [3.05, 3.63) is 389 Å². The molecule has 0 atom stereocenters. The van der Waals surface area contributed by atoms with Crippen LogP contribution < -0.4 is 34.0 Å². The lowest BCUT2D eigenvalue weighted by atomic mass is 9.83. The summed E-state index contributed by atoms with van der Waals surface area (Å²) in [5.41, 5.74) is 12.6. The van der Waals surface area contributed by atoms with Gasteiger partial charge in [0.05, 0.1) is 19.7 Å². The molecule has 0 amide bonds. The van der Waals surface area contributed by atoms with Gasteiger partial charge >= 0.3 is 0 Å². The highest BCUT2D eigenvalue weighted by Crippen LogP contribution is 2.39. The van der Waals surface area contributed by atoms with Crippen molar-refractivity contribution in [1.29, 1.82) is 0 Å². The fourth-order valence-electron chi connectivity index (χ4n) is 14.0. The maximum absolute atomic E-state index is 13.2. The number of imidazole rings is 1. The summed E-state index contributed by atoms with van der Waals surface area (Å²) in [4.78, 5) is 143. The van der Waals surface area contributed by atoms with E-state index in [9.17, 15) is 47.9 Å². The minimum absolute atomic E-state index is 0. The van der Waals surface area contributed by atoms with E-state index < -0.39 is 0 Å². The third kappa shape index (κ3) is 14.4. The van der Waals surface area contributed by atoms with Crippen molar-refractivity contribution < 1.29 is 81.9 Å². The highest BCUT2D eigenvalue weighted by atomic mass is 79.9. The van der Waals surface area contributed by atoms with Crippen LogP contribution in [0.4, 0.5) is 0 Å². The summed E-state index contributed by atoms with van der Waals surface area (Å²) in [6.07, 6.45) is 1.44. The molecule has 1 aromatic heterocycles. The van der Waals surface area contributed by atoms with Gasteiger partial charge in [-0.15, -0.1) is 0 Å². The molecule has 0 saturated heterocycles. The fraction of sp³-hybridized carbons (Fsp3) is 0.0833. The number of fused-ring (bicyclic) bond motifs is 10. The summed E-state index contributed by atoms with van der Waals surface area (Å²) >= 11 is 40.6. The number of H-pyrrole nitrogens is 1. The first-order valence-electron chi connectivity index (χ1n) is 33.2. The van der Waals surface area contributed by atoms with Crippen molar-refractivity contribution in [2.75, 3.05) is 13.3 Å². The summed E-state index contributed by atoms with van der Waals surface area (Å²) in [6.45, 7) is 2.23. The van der Waals surface area contributed by atoms with Crippen LogP contribution in [0.3, 0.4) is 0 Å². The van der Waals surface area contributed by atoms with Crippen molar-refractivity contribution >= 4 is 143 Å². The predicted octanol–water partition coefficient (Wildman–Crippen LogP) is 11.3. The summed E-state index contributed by atoms with van der Waals surface area (Å²) in [6, 6.07) is 60.8. The first-order chi connectivity index (χ1) is 51.6. The zero-order valence-electron chi connectivity index (χ0n) is 56.5. The van der Waals surface area contributed by atoms with Gasteiger partial charge in [-0.25, -0.2) is 4.98 Å². The highest BCUT2D eigenvalue weighted by molar-refractivity contribution is 9.08. The van der Waals surface area contributed by atoms with Crippen molar-refractivity contribution in [1.82, 2.24) is 29.6 Å². The molecule has 0 fully saturated rings. The lowest BCUT2D eigenvalue weighted by Gasteiger charge is -2.24. The molecular formula is C84H51Br3Cl6N6O10-2. The molecule has 0 radical (unpaired) electrons. The second-order valence-electron chi connectivity index (χ2n) is 25.8. The molecule has 1 N–H and O–H groups in total. The van der Waals surface area contributed by atoms with E-state index in [2.05, 4.69) is 25.9 Å². The number of aromatic amines is 1. The quantitative estimate of drug-likeness (QED) is 0.105. The molecule has 5 aliphatic carbocycles. The molecule has 16 nitrogen and oxygen atoms in total. The third-order valence-electron chi connectivity index (χ3n) is 19.3. The number of benzene rings is 10. The average molecular weight is 1760 g/mol. The lowest BCUT2D eigenvalue weighted by molar-refractivity contribution is -0.001000. The van der Waals surface area contributed by atoms with Crippen LogP contribution in [0.2, 0.25) is 10.3 Å².